The second kappa shape index (κ2) is 12.2. The molecule has 2 N–H and O–H groups in total. The lowest BCUT2D eigenvalue weighted by molar-refractivity contribution is 0.242. The number of ether oxygens (including phenoxy) is 1. The van der Waals surface area contributed by atoms with Crippen molar-refractivity contribution in [2.75, 3.05) is 13.6 Å². The van der Waals surface area contributed by atoms with E-state index in [0.717, 1.165) is 35.4 Å². The van der Waals surface area contributed by atoms with Crippen molar-refractivity contribution >= 4 is 41.3 Å². The van der Waals surface area contributed by atoms with Gasteiger partial charge < -0.3 is 15.4 Å². The zero-order valence-corrected chi connectivity index (χ0v) is 19.9. The number of halogens is 1. The highest BCUT2D eigenvalue weighted by Gasteiger charge is 2.06. The van der Waals surface area contributed by atoms with Gasteiger partial charge in [-0.3, -0.25) is 4.99 Å². The van der Waals surface area contributed by atoms with Crippen molar-refractivity contribution in [3.63, 3.8) is 0 Å². The highest BCUT2D eigenvalue weighted by Crippen LogP contribution is 2.17. The van der Waals surface area contributed by atoms with E-state index in [1.807, 2.05) is 26.0 Å². The molecule has 150 valence electrons. The van der Waals surface area contributed by atoms with Crippen molar-refractivity contribution in [1.29, 1.82) is 0 Å². The zero-order valence-electron chi connectivity index (χ0n) is 16.8. The summed E-state index contributed by atoms with van der Waals surface area (Å²) < 4.78 is 5.67. The summed E-state index contributed by atoms with van der Waals surface area (Å²) in [5, 5.41) is 9.88. The highest BCUT2D eigenvalue weighted by atomic mass is 127. The summed E-state index contributed by atoms with van der Waals surface area (Å²) in [7, 11) is 1.79. The number of nitrogens with zero attached hydrogens (tertiary/aromatic N) is 2. The molecule has 0 aliphatic rings. The predicted molar refractivity (Wildman–Crippen MR) is 126 cm³/mol. The van der Waals surface area contributed by atoms with Crippen LogP contribution in [0.25, 0.3) is 0 Å². The lowest BCUT2D eigenvalue weighted by Crippen LogP contribution is -2.37. The van der Waals surface area contributed by atoms with E-state index in [9.17, 15) is 0 Å². The van der Waals surface area contributed by atoms with Crippen molar-refractivity contribution in [3.8, 4) is 5.75 Å². The van der Waals surface area contributed by atoms with Crippen LogP contribution in [0, 0.1) is 0 Å². The molecule has 2 aromatic rings. The van der Waals surface area contributed by atoms with Gasteiger partial charge in [0.25, 0.3) is 0 Å². The van der Waals surface area contributed by atoms with Gasteiger partial charge in [-0.25, -0.2) is 4.98 Å². The normalized spacial score (nSPS) is 11.4. The Kier molecular flexibility index (Phi) is 10.7. The lowest BCUT2D eigenvalue weighted by atomic mass is 10.1. The van der Waals surface area contributed by atoms with Crippen LogP contribution < -0.4 is 15.4 Å². The SMILES string of the molecule is CN=C(NCCc1ccc(OC(C)C)cc1)NCc1nc(C(C)C)cs1.I. The van der Waals surface area contributed by atoms with Gasteiger partial charge in [0, 0.05) is 19.0 Å². The maximum atomic E-state index is 5.67. The van der Waals surface area contributed by atoms with Crippen molar-refractivity contribution in [3.05, 3.63) is 45.9 Å². The number of thiazole rings is 1. The molecule has 1 heterocycles. The number of aromatic nitrogens is 1. The van der Waals surface area contributed by atoms with Crippen molar-refractivity contribution < 1.29 is 4.74 Å². The minimum atomic E-state index is 0. The van der Waals surface area contributed by atoms with Gasteiger partial charge in [0.1, 0.15) is 10.8 Å². The smallest absolute Gasteiger partial charge is 0.191 e. The number of hydrogen-bond donors (Lipinski definition) is 2. The second-order valence-corrected chi connectivity index (χ2v) is 7.68. The van der Waals surface area contributed by atoms with Crippen molar-refractivity contribution in [1.82, 2.24) is 15.6 Å². The number of nitrogens with one attached hydrogen (secondary N) is 2. The van der Waals surface area contributed by atoms with Gasteiger partial charge in [0.2, 0.25) is 0 Å². The second-order valence-electron chi connectivity index (χ2n) is 6.73. The Morgan fingerprint density at radius 2 is 1.85 bits per heavy atom. The van der Waals surface area contributed by atoms with Crippen LogP contribution >= 0.6 is 35.3 Å². The molecule has 7 heteroatoms. The first-order valence-electron chi connectivity index (χ1n) is 9.12. The summed E-state index contributed by atoms with van der Waals surface area (Å²) in [4.78, 5) is 8.91. The van der Waals surface area contributed by atoms with Gasteiger partial charge in [-0.1, -0.05) is 26.0 Å². The Balaban J connectivity index is 0.00000364. The average molecular weight is 502 g/mol. The Hall–Kier alpha value is -1.35. The third-order valence-electron chi connectivity index (χ3n) is 3.79. The molecule has 0 aliphatic heterocycles. The molecule has 0 saturated heterocycles. The third-order valence-corrected chi connectivity index (χ3v) is 4.66. The van der Waals surface area contributed by atoms with Crippen LogP contribution in [0.3, 0.4) is 0 Å². The number of aliphatic imine (C=N–C) groups is 1. The minimum Gasteiger partial charge on any atom is -0.491 e. The minimum absolute atomic E-state index is 0. The largest absolute Gasteiger partial charge is 0.491 e. The Bertz CT molecular complexity index is 698. The van der Waals surface area contributed by atoms with Gasteiger partial charge in [0.05, 0.1) is 18.3 Å². The van der Waals surface area contributed by atoms with Gasteiger partial charge in [-0.2, -0.15) is 0 Å². The Morgan fingerprint density at radius 1 is 1.15 bits per heavy atom. The van der Waals surface area contributed by atoms with E-state index in [0.29, 0.717) is 12.5 Å². The quantitative estimate of drug-likeness (QED) is 0.315. The first-order chi connectivity index (χ1) is 12.5. The summed E-state index contributed by atoms with van der Waals surface area (Å²) in [5.41, 5.74) is 2.42. The molecular formula is C20H31IN4OS. The molecule has 0 bridgehead atoms. The molecule has 1 aromatic heterocycles. The summed E-state index contributed by atoms with van der Waals surface area (Å²) in [5.74, 6) is 2.18. The van der Waals surface area contributed by atoms with E-state index in [4.69, 9.17) is 4.74 Å². The number of guanidine groups is 1. The summed E-state index contributed by atoms with van der Waals surface area (Å²) in [6, 6.07) is 8.27. The van der Waals surface area contributed by atoms with Crippen molar-refractivity contribution in [2.45, 2.75) is 52.7 Å². The molecular weight excluding hydrogens is 471 g/mol. The molecule has 0 aliphatic carbocycles. The van der Waals surface area contributed by atoms with Crippen LogP contribution in [0.15, 0.2) is 34.6 Å². The van der Waals surface area contributed by atoms with Gasteiger partial charge in [-0.15, -0.1) is 35.3 Å². The van der Waals surface area contributed by atoms with Crippen molar-refractivity contribution in [2.24, 2.45) is 4.99 Å². The Morgan fingerprint density at radius 3 is 2.41 bits per heavy atom. The van der Waals surface area contributed by atoms with E-state index < -0.39 is 0 Å². The molecule has 0 unspecified atom stereocenters. The first kappa shape index (κ1) is 23.7. The van der Waals surface area contributed by atoms with E-state index >= 15 is 0 Å². The Labute approximate surface area is 184 Å². The summed E-state index contributed by atoms with van der Waals surface area (Å²) in [6.45, 7) is 9.90. The molecule has 2 rings (SSSR count). The molecule has 0 spiro atoms. The lowest BCUT2D eigenvalue weighted by Gasteiger charge is -2.12. The van der Waals surface area contributed by atoms with Gasteiger partial charge in [-0.05, 0) is 43.9 Å². The molecule has 1 aromatic carbocycles. The predicted octanol–water partition coefficient (Wildman–Crippen LogP) is 4.58. The molecule has 5 nitrogen and oxygen atoms in total. The fourth-order valence-corrected chi connectivity index (χ4v) is 3.28. The van der Waals surface area contributed by atoms with Crippen LogP contribution in [0.2, 0.25) is 0 Å². The summed E-state index contributed by atoms with van der Waals surface area (Å²) >= 11 is 1.69. The number of benzene rings is 1. The third kappa shape index (κ3) is 8.47. The fourth-order valence-electron chi connectivity index (χ4n) is 2.38. The molecule has 0 amide bonds. The van der Waals surface area contributed by atoms with Crippen LogP contribution in [-0.2, 0) is 13.0 Å². The molecule has 0 atom stereocenters. The molecule has 0 fully saturated rings. The highest BCUT2D eigenvalue weighted by molar-refractivity contribution is 14.0. The standard InChI is InChI=1S/C20H30N4OS.HI/c1-14(2)18-13-26-19(24-18)12-23-20(21-5)22-11-10-16-6-8-17(9-7-16)25-15(3)4;/h6-9,13-15H,10-12H2,1-5H3,(H2,21,22,23);1H. The van der Waals surface area contributed by atoms with Gasteiger partial charge in [0.15, 0.2) is 5.96 Å². The maximum Gasteiger partial charge on any atom is 0.191 e. The van der Waals surface area contributed by atoms with Crippen LogP contribution in [0.4, 0.5) is 0 Å². The summed E-state index contributed by atoms with van der Waals surface area (Å²) in [6.07, 6.45) is 1.13. The van der Waals surface area contributed by atoms with Crippen LogP contribution in [0.1, 0.15) is 49.9 Å². The topological polar surface area (TPSA) is 58.5 Å². The average Bonchev–Trinajstić information content (AvgIpc) is 3.08. The molecule has 0 radical (unpaired) electrons. The van der Waals surface area contributed by atoms with Crippen LogP contribution in [0.5, 0.6) is 5.75 Å². The monoisotopic (exact) mass is 502 g/mol. The zero-order chi connectivity index (χ0) is 18.9. The van der Waals surface area contributed by atoms with E-state index in [1.165, 1.54) is 5.56 Å². The van der Waals surface area contributed by atoms with E-state index in [1.54, 1.807) is 18.4 Å². The first-order valence-corrected chi connectivity index (χ1v) is 10.00. The van der Waals surface area contributed by atoms with E-state index in [2.05, 4.69) is 52.0 Å². The van der Waals surface area contributed by atoms with Crippen LogP contribution in [-0.4, -0.2) is 30.6 Å². The molecule has 0 saturated carbocycles. The maximum absolute atomic E-state index is 5.67. The van der Waals surface area contributed by atoms with Gasteiger partial charge >= 0.3 is 0 Å². The number of hydrogen-bond acceptors (Lipinski definition) is 4. The molecule has 27 heavy (non-hydrogen) atoms. The number of rotatable bonds is 8. The van der Waals surface area contributed by atoms with E-state index in [-0.39, 0.29) is 30.1 Å². The fraction of sp³-hybridized carbons (Fsp3) is 0.500.